The summed E-state index contributed by atoms with van der Waals surface area (Å²) in [6.45, 7) is 4.75. The van der Waals surface area contributed by atoms with Crippen molar-refractivity contribution in [3.63, 3.8) is 0 Å². The predicted molar refractivity (Wildman–Crippen MR) is 76.5 cm³/mol. The monoisotopic (exact) mass is 271 g/mol. The number of rotatable bonds is 13. The van der Waals surface area contributed by atoms with Crippen LogP contribution in [0.1, 0.15) is 71.6 Å². The highest BCUT2D eigenvalue weighted by Gasteiger charge is 2.21. The van der Waals surface area contributed by atoms with Gasteiger partial charge < -0.3 is 10.5 Å². The summed E-state index contributed by atoms with van der Waals surface area (Å²) < 4.78 is 5.09. The number of primary amides is 1. The van der Waals surface area contributed by atoms with E-state index in [2.05, 4.69) is 13.8 Å². The molecular weight excluding hydrogens is 242 g/mol. The highest BCUT2D eigenvalue weighted by Crippen LogP contribution is 2.20. The van der Waals surface area contributed by atoms with Crippen molar-refractivity contribution < 1.29 is 14.3 Å². The Morgan fingerprint density at radius 3 is 2.16 bits per heavy atom. The maximum Gasteiger partial charge on any atom is 0.293 e. The van der Waals surface area contributed by atoms with Crippen LogP contribution in [-0.4, -0.2) is 18.5 Å². The molecule has 4 heteroatoms. The molecule has 2 atom stereocenters. The molecule has 2 N–H and O–H groups in total. The smallest absolute Gasteiger partial charge is 0.293 e. The second-order valence-corrected chi connectivity index (χ2v) is 5.18. The highest BCUT2D eigenvalue weighted by atomic mass is 16.5. The Hall–Kier alpha value is -1.06. The molecule has 112 valence electrons. The van der Waals surface area contributed by atoms with Crippen LogP contribution >= 0.6 is 0 Å². The van der Waals surface area contributed by atoms with Crippen molar-refractivity contribution in [1.82, 2.24) is 0 Å². The average Bonchev–Trinajstić information content (AvgIpc) is 2.37. The fraction of sp³-hybridized carbons (Fsp3) is 0.867. The number of amides is 1. The molecule has 0 rings (SSSR count). The minimum absolute atomic E-state index is 0.164. The number of nitrogens with two attached hydrogens (primary N) is 1. The molecule has 0 radical (unpaired) electrons. The van der Waals surface area contributed by atoms with Gasteiger partial charge in [-0.25, -0.2) is 0 Å². The molecule has 0 bridgehead atoms. The highest BCUT2D eigenvalue weighted by molar-refractivity contribution is 5.76. The van der Waals surface area contributed by atoms with Gasteiger partial charge in [-0.3, -0.25) is 9.59 Å². The van der Waals surface area contributed by atoms with Crippen molar-refractivity contribution >= 4 is 12.4 Å². The van der Waals surface area contributed by atoms with Crippen molar-refractivity contribution in [1.29, 1.82) is 0 Å². The van der Waals surface area contributed by atoms with Crippen LogP contribution in [0, 0.1) is 5.92 Å². The van der Waals surface area contributed by atoms with E-state index in [1.54, 1.807) is 0 Å². The van der Waals surface area contributed by atoms with E-state index in [9.17, 15) is 9.59 Å². The fourth-order valence-corrected chi connectivity index (χ4v) is 2.28. The minimum atomic E-state index is -0.272. The lowest BCUT2D eigenvalue weighted by atomic mass is 9.92. The first-order valence-electron chi connectivity index (χ1n) is 7.54. The third-order valence-electron chi connectivity index (χ3n) is 3.48. The standard InChI is InChI=1S/C15H29NO3/c1-3-5-7-9-13(15(16)18)11-14(19-12-17)10-8-6-4-2/h12-14H,3-11H2,1-2H3,(H2,16,18)/t13-,14-/m0/s1. The maximum absolute atomic E-state index is 11.4. The number of ether oxygens (including phenoxy) is 1. The molecule has 0 unspecified atom stereocenters. The predicted octanol–water partition coefficient (Wildman–Crippen LogP) is 3.18. The van der Waals surface area contributed by atoms with Crippen molar-refractivity contribution in [3.8, 4) is 0 Å². The normalized spacial score (nSPS) is 13.8. The lowest BCUT2D eigenvalue weighted by Crippen LogP contribution is -2.28. The van der Waals surface area contributed by atoms with Crippen LogP contribution in [-0.2, 0) is 14.3 Å². The number of hydrogen-bond donors (Lipinski definition) is 1. The SMILES string of the molecule is CCCCC[C@@H](C[C@H](CCCCC)C(N)=O)OC=O. The molecule has 0 aliphatic rings. The first-order valence-corrected chi connectivity index (χ1v) is 7.54. The second-order valence-electron chi connectivity index (χ2n) is 5.18. The van der Waals surface area contributed by atoms with E-state index < -0.39 is 0 Å². The van der Waals surface area contributed by atoms with E-state index in [4.69, 9.17) is 10.5 Å². The molecule has 0 spiro atoms. The van der Waals surface area contributed by atoms with Crippen molar-refractivity contribution in [2.45, 2.75) is 77.7 Å². The quantitative estimate of drug-likeness (QED) is 0.413. The Balaban J connectivity index is 4.21. The largest absolute Gasteiger partial charge is 0.465 e. The van der Waals surface area contributed by atoms with Gasteiger partial charge in [0, 0.05) is 5.92 Å². The van der Waals surface area contributed by atoms with E-state index >= 15 is 0 Å². The third-order valence-corrected chi connectivity index (χ3v) is 3.48. The van der Waals surface area contributed by atoms with Crippen molar-refractivity contribution in [3.05, 3.63) is 0 Å². The summed E-state index contributed by atoms with van der Waals surface area (Å²) in [6, 6.07) is 0. The third kappa shape index (κ3) is 9.51. The van der Waals surface area contributed by atoms with Crippen LogP contribution in [0.5, 0.6) is 0 Å². The summed E-state index contributed by atoms with van der Waals surface area (Å²) in [5.41, 5.74) is 5.44. The average molecular weight is 271 g/mol. The van der Waals surface area contributed by atoms with Gasteiger partial charge in [0.05, 0.1) is 0 Å². The summed E-state index contributed by atoms with van der Waals surface area (Å²) in [6.07, 6.45) is 8.54. The second kappa shape index (κ2) is 12.0. The number of carbonyl (C=O) groups is 2. The Kier molecular flexibility index (Phi) is 11.3. The van der Waals surface area contributed by atoms with E-state index in [1.165, 1.54) is 0 Å². The van der Waals surface area contributed by atoms with Gasteiger partial charge in [-0.05, 0) is 25.7 Å². The van der Waals surface area contributed by atoms with Crippen molar-refractivity contribution in [2.24, 2.45) is 11.7 Å². The van der Waals surface area contributed by atoms with Gasteiger partial charge in [0.1, 0.15) is 6.10 Å². The number of unbranched alkanes of at least 4 members (excludes halogenated alkanes) is 4. The molecular formula is C15H29NO3. The minimum Gasteiger partial charge on any atom is -0.465 e. The topological polar surface area (TPSA) is 69.4 Å². The van der Waals surface area contributed by atoms with E-state index in [0.717, 1.165) is 51.4 Å². The summed E-state index contributed by atoms with van der Waals surface area (Å²) >= 11 is 0. The van der Waals surface area contributed by atoms with E-state index in [0.29, 0.717) is 12.9 Å². The summed E-state index contributed by atoms with van der Waals surface area (Å²) in [5, 5.41) is 0. The van der Waals surface area contributed by atoms with Crippen LogP contribution in [0.3, 0.4) is 0 Å². The summed E-state index contributed by atoms with van der Waals surface area (Å²) in [4.78, 5) is 22.0. The summed E-state index contributed by atoms with van der Waals surface area (Å²) in [5.74, 6) is -0.441. The number of hydrogen-bond acceptors (Lipinski definition) is 3. The van der Waals surface area contributed by atoms with E-state index in [1.807, 2.05) is 0 Å². The first kappa shape index (κ1) is 17.9. The molecule has 19 heavy (non-hydrogen) atoms. The van der Waals surface area contributed by atoms with E-state index in [-0.39, 0.29) is 17.9 Å². The molecule has 0 heterocycles. The van der Waals surface area contributed by atoms with Crippen LogP contribution < -0.4 is 5.73 Å². The fourth-order valence-electron chi connectivity index (χ4n) is 2.28. The molecule has 0 aromatic rings. The lowest BCUT2D eigenvalue weighted by Gasteiger charge is -2.20. The van der Waals surface area contributed by atoms with Gasteiger partial charge >= 0.3 is 0 Å². The van der Waals surface area contributed by atoms with Gasteiger partial charge in [0.2, 0.25) is 5.91 Å². The molecule has 0 aliphatic carbocycles. The Morgan fingerprint density at radius 1 is 1.11 bits per heavy atom. The van der Waals surface area contributed by atoms with Gasteiger partial charge in [0.15, 0.2) is 0 Å². The van der Waals surface area contributed by atoms with Crippen molar-refractivity contribution in [2.75, 3.05) is 0 Å². The first-order chi connectivity index (χ1) is 9.15. The Labute approximate surface area is 117 Å². The molecule has 0 saturated heterocycles. The lowest BCUT2D eigenvalue weighted by molar-refractivity contribution is -0.136. The van der Waals surface area contributed by atoms with Gasteiger partial charge in [0.25, 0.3) is 6.47 Å². The Bertz CT molecular complexity index is 244. The van der Waals surface area contributed by atoms with Crippen LogP contribution in [0.25, 0.3) is 0 Å². The Morgan fingerprint density at radius 2 is 1.68 bits per heavy atom. The zero-order valence-corrected chi connectivity index (χ0v) is 12.4. The van der Waals surface area contributed by atoms with Gasteiger partial charge in [-0.2, -0.15) is 0 Å². The van der Waals surface area contributed by atoms with Crippen LogP contribution in [0.2, 0.25) is 0 Å². The van der Waals surface area contributed by atoms with Crippen LogP contribution in [0.15, 0.2) is 0 Å². The zero-order valence-electron chi connectivity index (χ0n) is 12.4. The van der Waals surface area contributed by atoms with Gasteiger partial charge in [-0.15, -0.1) is 0 Å². The molecule has 0 aromatic heterocycles. The summed E-state index contributed by atoms with van der Waals surface area (Å²) in [7, 11) is 0. The molecule has 1 amide bonds. The maximum atomic E-state index is 11.4. The zero-order chi connectivity index (χ0) is 14.5. The molecule has 0 aromatic carbocycles. The van der Waals surface area contributed by atoms with Gasteiger partial charge in [-0.1, -0.05) is 46.0 Å². The molecule has 4 nitrogen and oxygen atoms in total. The number of carbonyl (C=O) groups excluding carboxylic acids is 2. The van der Waals surface area contributed by atoms with Crippen LogP contribution in [0.4, 0.5) is 0 Å². The molecule has 0 fully saturated rings. The molecule has 0 saturated carbocycles. The molecule has 0 aliphatic heterocycles.